The molecule has 0 radical (unpaired) electrons. The van der Waals surface area contributed by atoms with E-state index >= 15 is 0 Å². The van der Waals surface area contributed by atoms with E-state index in [2.05, 4.69) is 28.3 Å². The number of nitrogens with one attached hydrogen (secondary N) is 1. The van der Waals surface area contributed by atoms with Crippen LogP contribution in [0.4, 0.5) is 5.69 Å². The summed E-state index contributed by atoms with van der Waals surface area (Å²) in [7, 11) is 0. The molecule has 0 bridgehead atoms. The lowest BCUT2D eigenvalue weighted by molar-refractivity contribution is -0.121. The summed E-state index contributed by atoms with van der Waals surface area (Å²) in [5.41, 5.74) is 3.79. The molecule has 0 saturated carbocycles. The van der Waals surface area contributed by atoms with Crippen LogP contribution in [0.1, 0.15) is 30.4 Å². The first kappa shape index (κ1) is 14.2. The summed E-state index contributed by atoms with van der Waals surface area (Å²) < 4.78 is 0. The van der Waals surface area contributed by atoms with Crippen LogP contribution in [0.3, 0.4) is 0 Å². The summed E-state index contributed by atoms with van der Waals surface area (Å²) in [4.78, 5) is 14.6. The molecule has 0 atom stereocenters. The van der Waals surface area contributed by atoms with Gasteiger partial charge >= 0.3 is 0 Å². The maximum Gasteiger partial charge on any atom is 0.227 e. The van der Waals surface area contributed by atoms with E-state index in [0.29, 0.717) is 6.54 Å². The fourth-order valence-corrected chi connectivity index (χ4v) is 3.38. The Morgan fingerprint density at radius 3 is 2.81 bits per heavy atom. The summed E-state index contributed by atoms with van der Waals surface area (Å²) in [6, 6.07) is 6.34. The number of fused-ring (bicyclic) bond motifs is 1. The fraction of sp³-hybridized carbons (Fsp3) is 0.500. The van der Waals surface area contributed by atoms with E-state index in [0.717, 1.165) is 38.0 Å². The van der Waals surface area contributed by atoms with Crippen molar-refractivity contribution in [2.45, 2.75) is 32.1 Å². The van der Waals surface area contributed by atoms with Gasteiger partial charge in [0, 0.05) is 11.6 Å². The van der Waals surface area contributed by atoms with E-state index in [1.54, 1.807) is 0 Å². The Kier molecular flexibility index (Phi) is 4.26. The zero-order valence-electron chi connectivity index (χ0n) is 12.4. The molecule has 1 aliphatic heterocycles. The Hall–Kier alpha value is -1.79. The molecule has 3 nitrogen and oxygen atoms in total. The fourth-order valence-electron chi connectivity index (χ4n) is 3.38. The van der Waals surface area contributed by atoms with Gasteiger partial charge in [-0.15, -0.1) is 6.42 Å². The van der Waals surface area contributed by atoms with Crippen LogP contribution >= 0.6 is 0 Å². The zero-order valence-corrected chi connectivity index (χ0v) is 12.4. The molecule has 2 aliphatic rings. The standard InChI is InChI=1S/C18H22N2O/c1-2-10-20-11-8-15(9-12-20)18(21)19-17-7-6-14-4-3-5-16(14)13-17/h1,6-7,13,15H,3-5,8-12H2,(H,19,21). The summed E-state index contributed by atoms with van der Waals surface area (Å²) in [5.74, 6) is 2.95. The monoisotopic (exact) mass is 282 g/mol. The highest BCUT2D eigenvalue weighted by Gasteiger charge is 2.24. The number of terminal acetylenes is 1. The quantitative estimate of drug-likeness (QED) is 0.864. The van der Waals surface area contributed by atoms with Gasteiger partial charge in [-0.05, 0) is 68.5 Å². The molecule has 0 aromatic heterocycles. The number of carbonyl (C=O) groups is 1. The molecular weight excluding hydrogens is 260 g/mol. The van der Waals surface area contributed by atoms with Crippen molar-refractivity contribution in [1.82, 2.24) is 4.90 Å². The van der Waals surface area contributed by atoms with Crippen LogP contribution in [0.2, 0.25) is 0 Å². The summed E-state index contributed by atoms with van der Waals surface area (Å²) >= 11 is 0. The number of nitrogens with zero attached hydrogens (tertiary/aromatic N) is 1. The minimum atomic E-state index is 0.118. The maximum absolute atomic E-state index is 12.4. The van der Waals surface area contributed by atoms with Crippen LogP contribution in [0.5, 0.6) is 0 Å². The van der Waals surface area contributed by atoms with Crippen LogP contribution in [0.15, 0.2) is 18.2 Å². The molecule has 1 fully saturated rings. The molecule has 0 spiro atoms. The molecule has 110 valence electrons. The smallest absolute Gasteiger partial charge is 0.227 e. The van der Waals surface area contributed by atoms with E-state index in [1.807, 2.05) is 6.07 Å². The molecule has 1 aromatic carbocycles. The highest BCUT2D eigenvalue weighted by atomic mass is 16.1. The third-order valence-electron chi connectivity index (χ3n) is 4.64. The predicted molar refractivity (Wildman–Crippen MR) is 85.1 cm³/mol. The molecule has 3 rings (SSSR count). The minimum Gasteiger partial charge on any atom is -0.326 e. The van der Waals surface area contributed by atoms with Crippen molar-refractivity contribution in [3.63, 3.8) is 0 Å². The van der Waals surface area contributed by atoms with Crippen LogP contribution in [0, 0.1) is 18.3 Å². The first-order valence-corrected chi connectivity index (χ1v) is 7.85. The lowest BCUT2D eigenvalue weighted by atomic mass is 9.95. The van der Waals surface area contributed by atoms with E-state index in [1.165, 1.54) is 24.0 Å². The van der Waals surface area contributed by atoms with Crippen LogP contribution in [-0.2, 0) is 17.6 Å². The number of rotatable bonds is 3. The molecule has 1 heterocycles. The summed E-state index contributed by atoms with van der Waals surface area (Å²) in [5, 5.41) is 3.09. The molecular formula is C18H22N2O. The van der Waals surface area contributed by atoms with Crippen molar-refractivity contribution in [2.24, 2.45) is 5.92 Å². The highest BCUT2D eigenvalue weighted by molar-refractivity contribution is 5.92. The Labute approximate surface area is 126 Å². The second-order valence-corrected chi connectivity index (χ2v) is 6.08. The number of amides is 1. The van der Waals surface area contributed by atoms with E-state index < -0.39 is 0 Å². The Morgan fingerprint density at radius 2 is 2.05 bits per heavy atom. The van der Waals surface area contributed by atoms with Gasteiger partial charge in [-0.3, -0.25) is 9.69 Å². The van der Waals surface area contributed by atoms with E-state index in [9.17, 15) is 4.79 Å². The van der Waals surface area contributed by atoms with Gasteiger partial charge in [-0.1, -0.05) is 12.0 Å². The summed E-state index contributed by atoms with van der Waals surface area (Å²) in [6.07, 6.45) is 10.7. The average Bonchev–Trinajstić information content (AvgIpc) is 2.96. The van der Waals surface area contributed by atoms with Gasteiger partial charge in [0.05, 0.1) is 6.54 Å². The molecule has 0 unspecified atom stereocenters. The van der Waals surface area contributed by atoms with Crippen molar-refractivity contribution in [3.8, 4) is 12.3 Å². The van der Waals surface area contributed by atoms with Crippen molar-refractivity contribution >= 4 is 11.6 Å². The maximum atomic E-state index is 12.4. The molecule has 1 aromatic rings. The number of benzene rings is 1. The second-order valence-electron chi connectivity index (χ2n) is 6.08. The van der Waals surface area contributed by atoms with Crippen LogP contribution in [-0.4, -0.2) is 30.4 Å². The molecule has 1 N–H and O–H groups in total. The number of hydrogen-bond acceptors (Lipinski definition) is 2. The zero-order chi connectivity index (χ0) is 14.7. The SMILES string of the molecule is C#CCN1CCC(C(=O)Nc2ccc3c(c2)CCC3)CC1. The second kappa shape index (κ2) is 6.32. The Morgan fingerprint density at radius 1 is 1.29 bits per heavy atom. The predicted octanol–water partition coefficient (Wildman–Crippen LogP) is 2.46. The normalized spacial score (nSPS) is 19.0. The molecule has 3 heteroatoms. The van der Waals surface area contributed by atoms with Gasteiger partial charge < -0.3 is 5.32 Å². The number of piperidine rings is 1. The largest absolute Gasteiger partial charge is 0.326 e. The number of anilines is 1. The third kappa shape index (κ3) is 3.28. The first-order valence-electron chi connectivity index (χ1n) is 7.85. The average molecular weight is 282 g/mol. The number of likely N-dealkylation sites (tertiary alicyclic amines) is 1. The van der Waals surface area contributed by atoms with Gasteiger partial charge in [0.2, 0.25) is 5.91 Å². The molecule has 1 aliphatic carbocycles. The number of aryl methyl sites for hydroxylation is 2. The number of carbonyl (C=O) groups excluding carboxylic acids is 1. The van der Waals surface area contributed by atoms with Crippen LogP contribution < -0.4 is 5.32 Å². The molecule has 1 saturated heterocycles. The summed E-state index contributed by atoms with van der Waals surface area (Å²) in [6.45, 7) is 2.54. The first-order chi connectivity index (χ1) is 10.3. The number of hydrogen-bond donors (Lipinski definition) is 1. The van der Waals surface area contributed by atoms with Crippen molar-refractivity contribution in [3.05, 3.63) is 29.3 Å². The van der Waals surface area contributed by atoms with Gasteiger partial charge in [-0.25, -0.2) is 0 Å². The van der Waals surface area contributed by atoms with Crippen LogP contribution in [0.25, 0.3) is 0 Å². The minimum absolute atomic E-state index is 0.118. The lowest BCUT2D eigenvalue weighted by Gasteiger charge is -2.29. The van der Waals surface area contributed by atoms with E-state index in [-0.39, 0.29) is 11.8 Å². The topological polar surface area (TPSA) is 32.3 Å². The Bertz CT molecular complexity index is 565. The molecule has 1 amide bonds. The third-order valence-corrected chi connectivity index (χ3v) is 4.64. The van der Waals surface area contributed by atoms with Crippen molar-refractivity contribution in [1.29, 1.82) is 0 Å². The van der Waals surface area contributed by atoms with E-state index in [4.69, 9.17) is 6.42 Å². The van der Waals surface area contributed by atoms with Gasteiger partial charge in [-0.2, -0.15) is 0 Å². The highest BCUT2D eigenvalue weighted by Crippen LogP contribution is 2.26. The Balaban J connectivity index is 1.56. The van der Waals surface area contributed by atoms with Crippen molar-refractivity contribution in [2.75, 3.05) is 25.0 Å². The van der Waals surface area contributed by atoms with Gasteiger partial charge in [0.1, 0.15) is 0 Å². The van der Waals surface area contributed by atoms with Gasteiger partial charge in [0.25, 0.3) is 0 Å². The van der Waals surface area contributed by atoms with Gasteiger partial charge in [0.15, 0.2) is 0 Å². The lowest BCUT2D eigenvalue weighted by Crippen LogP contribution is -2.38. The van der Waals surface area contributed by atoms with Crippen molar-refractivity contribution < 1.29 is 4.79 Å². The molecule has 21 heavy (non-hydrogen) atoms.